The standard InChI is InChI=1S/C17H26N6O2.ClH/c1-12(2)10-15(22-7-5-13(6-8-22)16(18)24)17-19-20-21-23(17)11-14-4-3-9-25-14;/h3-4,9,12-13,15H,5-8,10-11H2,1-2H3,(H2,18,24);1H. The molecule has 0 aliphatic carbocycles. The van der Waals surface area contributed by atoms with Gasteiger partial charge in [-0.3, -0.25) is 9.69 Å². The van der Waals surface area contributed by atoms with Crippen molar-refractivity contribution in [1.82, 2.24) is 25.1 Å². The van der Waals surface area contributed by atoms with Gasteiger partial charge >= 0.3 is 0 Å². The third-order valence-corrected chi connectivity index (χ3v) is 4.81. The third kappa shape index (κ3) is 4.82. The van der Waals surface area contributed by atoms with Gasteiger partial charge in [0.15, 0.2) is 5.82 Å². The fourth-order valence-electron chi connectivity index (χ4n) is 3.47. The van der Waals surface area contributed by atoms with Crippen molar-refractivity contribution >= 4 is 18.3 Å². The zero-order valence-electron chi connectivity index (χ0n) is 15.2. The van der Waals surface area contributed by atoms with Gasteiger partial charge in [-0.25, -0.2) is 4.68 Å². The first-order valence-corrected chi connectivity index (χ1v) is 8.86. The minimum atomic E-state index is -0.192. The van der Waals surface area contributed by atoms with Gasteiger partial charge in [-0.1, -0.05) is 13.8 Å². The van der Waals surface area contributed by atoms with Crippen LogP contribution in [0.2, 0.25) is 0 Å². The van der Waals surface area contributed by atoms with E-state index >= 15 is 0 Å². The number of aromatic nitrogens is 4. The summed E-state index contributed by atoms with van der Waals surface area (Å²) in [5, 5.41) is 12.3. The molecule has 26 heavy (non-hydrogen) atoms. The summed E-state index contributed by atoms with van der Waals surface area (Å²) in [7, 11) is 0. The number of hydrogen-bond acceptors (Lipinski definition) is 6. The van der Waals surface area contributed by atoms with Gasteiger partial charge in [-0.05, 0) is 60.8 Å². The van der Waals surface area contributed by atoms with Crippen molar-refractivity contribution in [1.29, 1.82) is 0 Å². The zero-order chi connectivity index (χ0) is 17.8. The van der Waals surface area contributed by atoms with Gasteiger partial charge in [0.25, 0.3) is 0 Å². The van der Waals surface area contributed by atoms with Crippen LogP contribution in [0.25, 0.3) is 0 Å². The lowest BCUT2D eigenvalue weighted by molar-refractivity contribution is -0.123. The van der Waals surface area contributed by atoms with Gasteiger partial charge in [0.2, 0.25) is 5.91 Å². The largest absolute Gasteiger partial charge is 0.467 e. The van der Waals surface area contributed by atoms with E-state index in [1.165, 1.54) is 0 Å². The van der Waals surface area contributed by atoms with Gasteiger partial charge in [0.1, 0.15) is 12.3 Å². The normalized spacial score (nSPS) is 17.2. The molecule has 1 atom stereocenters. The van der Waals surface area contributed by atoms with Crippen LogP contribution < -0.4 is 5.73 Å². The molecular weight excluding hydrogens is 356 g/mol. The molecular formula is C17H27ClN6O2. The lowest BCUT2D eigenvalue weighted by Gasteiger charge is -2.36. The SMILES string of the molecule is CC(C)CC(c1nnnn1Cc1ccco1)N1CCC(C(N)=O)CC1.Cl. The molecule has 3 heterocycles. The Morgan fingerprint density at radius 2 is 2.12 bits per heavy atom. The van der Waals surface area contributed by atoms with E-state index in [0.717, 1.165) is 43.9 Å². The molecule has 1 unspecified atom stereocenters. The number of hydrogen-bond donors (Lipinski definition) is 1. The second kappa shape index (κ2) is 9.14. The first-order chi connectivity index (χ1) is 12.0. The van der Waals surface area contributed by atoms with Crippen LogP contribution in [-0.2, 0) is 11.3 Å². The average molecular weight is 383 g/mol. The highest BCUT2D eigenvalue weighted by atomic mass is 35.5. The van der Waals surface area contributed by atoms with E-state index in [-0.39, 0.29) is 30.3 Å². The molecule has 8 nitrogen and oxygen atoms in total. The molecule has 1 aliphatic rings. The van der Waals surface area contributed by atoms with Crippen LogP contribution in [0.5, 0.6) is 0 Å². The van der Waals surface area contributed by atoms with E-state index in [0.29, 0.717) is 12.5 Å². The summed E-state index contributed by atoms with van der Waals surface area (Å²) in [5.74, 6) is 1.97. The Morgan fingerprint density at radius 1 is 1.38 bits per heavy atom. The van der Waals surface area contributed by atoms with Crippen molar-refractivity contribution in [2.45, 2.75) is 45.7 Å². The van der Waals surface area contributed by atoms with E-state index < -0.39 is 0 Å². The fraction of sp³-hybridized carbons (Fsp3) is 0.647. The molecule has 0 aromatic carbocycles. The van der Waals surface area contributed by atoms with Crippen LogP contribution in [0.1, 0.15) is 50.7 Å². The van der Waals surface area contributed by atoms with E-state index in [9.17, 15) is 4.79 Å². The summed E-state index contributed by atoms with van der Waals surface area (Å²) in [4.78, 5) is 13.8. The topological polar surface area (TPSA) is 103 Å². The number of primary amides is 1. The Bertz CT molecular complexity index is 679. The van der Waals surface area contributed by atoms with Gasteiger partial charge in [-0.15, -0.1) is 17.5 Å². The van der Waals surface area contributed by atoms with E-state index in [1.54, 1.807) is 6.26 Å². The molecule has 0 spiro atoms. The Labute approximate surface area is 159 Å². The molecule has 2 aromatic heterocycles. The van der Waals surface area contributed by atoms with E-state index in [1.807, 2.05) is 16.8 Å². The number of carbonyl (C=O) groups is 1. The van der Waals surface area contributed by atoms with Gasteiger partial charge in [-0.2, -0.15) is 0 Å². The van der Waals surface area contributed by atoms with Gasteiger partial charge in [0.05, 0.1) is 12.3 Å². The summed E-state index contributed by atoms with van der Waals surface area (Å²) in [6.45, 7) is 6.58. The monoisotopic (exact) mass is 382 g/mol. The molecule has 3 rings (SSSR count). The Balaban J connectivity index is 0.00000243. The first-order valence-electron chi connectivity index (χ1n) is 8.86. The maximum atomic E-state index is 11.4. The molecule has 144 valence electrons. The zero-order valence-corrected chi connectivity index (χ0v) is 16.1. The summed E-state index contributed by atoms with van der Waals surface area (Å²) < 4.78 is 7.24. The predicted molar refractivity (Wildman–Crippen MR) is 98.6 cm³/mol. The van der Waals surface area contributed by atoms with Crippen LogP contribution >= 0.6 is 12.4 Å². The number of nitrogens with zero attached hydrogens (tertiary/aromatic N) is 5. The molecule has 2 N–H and O–H groups in total. The summed E-state index contributed by atoms with van der Waals surface area (Å²) in [5.41, 5.74) is 5.46. The van der Waals surface area contributed by atoms with E-state index in [2.05, 4.69) is 34.3 Å². The highest BCUT2D eigenvalue weighted by Gasteiger charge is 2.31. The fourth-order valence-corrected chi connectivity index (χ4v) is 3.47. The first kappa shape index (κ1) is 20.4. The number of rotatable bonds is 7. The minimum Gasteiger partial charge on any atom is -0.467 e. The number of carbonyl (C=O) groups excluding carboxylic acids is 1. The van der Waals surface area contributed by atoms with Crippen LogP contribution in [0.3, 0.4) is 0 Å². The lowest BCUT2D eigenvalue weighted by Crippen LogP contribution is -2.41. The third-order valence-electron chi connectivity index (χ3n) is 4.81. The minimum absolute atomic E-state index is 0. The molecule has 1 fully saturated rings. The van der Waals surface area contributed by atoms with Crippen molar-refractivity contribution in [3.05, 3.63) is 30.0 Å². The number of amides is 1. The van der Waals surface area contributed by atoms with Crippen LogP contribution in [-0.4, -0.2) is 44.1 Å². The van der Waals surface area contributed by atoms with Crippen molar-refractivity contribution in [3.63, 3.8) is 0 Å². The molecule has 2 aromatic rings. The Morgan fingerprint density at radius 3 is 2.69 bits per heavy atom. The van der Waals surface area contributed by atoms with Crippen molar-refractivity contribution < 1.29 is 9.21 Å². The number of tetrazole rings is 1. The van der Waals surface area contributed by atoms with Crippen molar-refractivity contribution in [3.8, 4) is 0 Å². The molecule has 9 heteroatoms. The lowest BCUT2D eigenvalue weighted by atomic mass is 9.93. The average Bonchev–Trinajstić information content (AvgIpc) is 3.25. The molecule has 1 aliphatic heterocycles. The van der Waals surface area contributed by atoms with Crippen LogP contribution in [0.4, 0.5) is 0 Å². The predicted octanol–water partition coefficient (Wildman–Crippen LogP) is 2.02. The Kier molecular flexibility index (Phi) is 7.16. The summed E-state index contributed by atoms with van der Waals surface area (Å²) in [6.07, 6.45) is 4.20. The molecule has 0 bridgehead atoms. The van der Waals surface area contributed by atoms with Gasteiger partial charge < -0.3 is 10.2 Å². The Hall–Kier alpha value is -1.93. The van der Waals surface area contributed by atoms with Gasteiger partial charge in [0, 0.05) is 5.92 Å². The quantitative estimate of drug-likeness (QED) is 0.785. The summed E-state index contributed by atoms with van der Waals surface area (Å²) >= 11 is 0. The van der Waals surface area contributed by atoms with Crippen molar-refractivity contribution in [2.24, 2.45) is 17.6 Å². The molecule has 1 amide bonds. The molecule has 0 saturated carbocycles. The number of likely N-dealkylation sites (tertiary alicyclic amines) is 1. The van der Waals surface area contributed by atoms with Crippen LogP contribution in [0, 0.1) is 11.8 Å². The number of piperidine rings is 1. The van der Waals surface area contributed by atoms with Crippen molar-refractivity contribution in [2.75, 3.05) is 13.1 Å². The second-order valence-corrected chi connectivity index (χ2v) is 7.13. The number of furan rings is 1. The van der Waals surface area contributed by atoms with E-state index in [4.69, 9.17) is 10.2 Å². The highest BCUT2D eigenvalue weighted by Crippen LogP contribution is 2.30. The molecule has 1 saturated heterocycles. The van der Waals surface area contributed by atoms with Crippen LogP contribution in [0.15, 0.2) is 22.8 Å². The highest BCUT2D eigenvalue weighted by molar-refractivity contribution is 5.85. The summed E-state index contributed by atoms with van der Waals surface area (Å²) in [6, 6.07) is 3.90. The smallest absolute Gasteiger partial charge is 0.220 e. The maximum Gasteiger partial charge on any atom is 0.220 e. The molecule has 0 radical (unpaired) electrons. The number of halogens is 1. The number of nitrogens with two attached hydrogens (primary N) is 1. The maximum absolute atomic E-state index is 11.4. The second-order valence-electron chi connectivity index (χ2n) is 7.13.